The summed E-state index contributed by atoms with van der Waals surface area (Å²) < 4.78 is 34.9. The van der Waals surface area contributed by atoms with Crippen LogP contribution in [0.5, 0.6) is 6.01 Å². The molecule has 0 amide bonds. The van der Waals surface area contributed by atoms with E-state index in [1.165, 1.54) is 24.1 Å². The van der Waals surface area contributed by atoms with E-state index >= 15 is 0 Å². The first-order valence-electron chi connectivity index (χ1n) is 7.45. The number of halogens is 2. The highest BCUT2D eigenvalue weighted by Crippen LogP contribution is 2.50. The van der Waals surface area contributed by atoms with Gasteiger partial charge in [-0.1, -0.05) is 6.07 Å². The van der Waals surface area contributed by atoms with Gasteiger partial charge in [-0.25, -0.2) is 13.5 Å². The molecular formula is C16H14F2N4O2. The Bertz CT molecular complexity index is 998. The molecule has 0 radical (unpaired) electrons. The van der Waals surface area contributed by atoms with Gasteiger partial charge in [-0.3, -0.25) is 9.78 Å². The predicted octanol–water partition coefficient (Wildman–Crippen LogP) is 2.52. The van der Waals surface area contributed by atoms with E-state index in [1.54, 1.807) is 13.0 Å². The Balaban J connectivity index is 1.88. The number of hydrogen-bond donors (Lipinski definition) is 1. The molecule has 3 aromatic rings. The normalized spacial score (nSPS) is 15.7. The fourth-order valence-corrected chi connectivity index (χ4v) is 2.79. The summed E-state index contributed by atoms with van der Waals surface area (Å²) in [5.41, 5.74) is -0.661. The minimum absolute atomic E-state index is 0.0263. The molecule has 6 nitrogen and oxygen atoms in total. The summed E-state index contributed by atoms with van der Waals surface area (Å²) in [4.78, 5) is 18.5. The van der Waals surface area contributed by atoms with E-state index in [1.807, 2.05) is 0 Å². The van der Waals surface area contributed by atoms with Gasteiger partial charge in [0.15, 0.2) is 5.65 Å². The second-order valence-corrected chi connectivity index (χ2v) is 5.98. The molecule has 24 heavy (non-hydrogen) atoms. The molecule has 8 heteroatoms. The third-order valence-electron chi connectivity index (χ3n) is 4.25. The van der Waals surface area contributed by atoms with Crippen molar-refractivity contribution in [1.82, 2.24) is 19.7 Å². The second kappa shape index (κ2) is 4.86. The Morgan fingerprint density at radius 1 is 1.38 bits per heavy atom. The molecule has 0 aliphatic heterocycles. The lowest BCUT2D eigenvalue weighted by Crippen LogP contribution is -2.08. The van der Waals surface area contributed by atoms with Gasteiger partial charge in [0.25, 0.3) is 11.6 Å². The molecule has 1 N–H and O–H groups in total. The third-order valence-corrected chi connectivity index (χ3v) is 4.25. The lowest BCUT2D eigenvalue weighted by atomic mass is 10.0. The zero-order valence-electron chi connectivity index (χ0n) is 13.1. The zero-order chi connectivity index (χ0) is 17.1. The summed E-state index contributed by atoms with van der Waals surface area (Å²) in [6, 6.07) is 2.84. The van der Waals surface area contributed by atoms with Crippen LogP contribution < -0.4 is 10.3 Å². The van der Waals surface area contributed by atoms with E-state index in [4.69, 9.17) is 4.74 Å². The molecule has 0 saturated heterocycles. The van der Waals surface area contributed by atoms with Crippen molar-refractivity contribution < 1.29 is 13.5 Å². The summed E-state index contributed by atoms with van der Waals surface area (Å²) in [5.74, 6) is -0.592. The summed E-state index contributed by atoms with van der Waals surface area (Å²) >= 11 is 0. The van der Waals surface area contributed by atoms with Gasteiger partial charge < -0.3 is 4.74 Å². The number of aromatic amines is 1. The van der Waals surface area contributed by atoms with Crippen LogP contribution in [-0.4, -0.2) is 26.9 Å². The number of fused-ring (bicyclic) bond motifs is 1. The molecule has 1 aliphatic carbocycles. The number of ether oxygens (including phenoxy) is 1. The van der Waals surface area contributed by atoms with Crippen molar-refractivity contribution in [1.29, 1.82) is 0 Å². The Morgan fingerprint density at radius 2 is 2.12 bits per heavy atom. The maximum absolute atomic E-state index is 14.6. The van der Waals surface area contributed by atoms with E-state index in [0.29, 0.717) is 24.0 Å². The van der Waals surface area contributed by atoms with Gasteiger partial charge in [-0.05, 0) is 37.0 Å². The number of rotatable bonds is 3. The van der Waals surface area contributed by atoms with Crippen molar-refractivity contribution in [3.05, 3.63) is 45.6 Å². The monoisotopic (exact) mass is 332 g/mol. The van der Waals surface area contributed by atoms with Crippen LogP contribution in [0.2, 0.25) is 0 Å². The van der Waals surface area contributed by atoms with Gasteiger partial charge in [-0.15, -0.1) is 5.10 Å². The van der Waals surface area contributed by atoms with Crippen LogP contribution in [0, 0.1) is 12.7 Å². The molecule has 0 unspecified atom stereocenters. The van der Waals surface area contributed by atoms with Crippen molar-refractivity contribution in [2.75, 3.05) is 7.11 Å². The first-order chi connectivity index (χ1) is 11.4. The number of hydrogen-bond acceptors (Lipinski definition) is 4. The lowest BCUT2D eigenvalue weighted by Gasteiger charge is -2.12. The Hall–Kier alpha value is -2.77. The number of aromatic nitrogens is 4. The number of aryl methyl sites for hydroxylation is 1. The molecule has 2 aromatic heterocycles. The summed E-state index contributed by atoms with van der Waals surface area (Å²) in [6.07, 6.45) is 2.22. The Kier molecular flexibility index (Phi) is 3.00. The van der Waals surface area contributed by atoms with Crippen LogP contribution in [0.25, 0.3) is 16.7 Å². The van der Waals surface area contributed by atoms with E-state index < -0.39 is 17.0 Å². The average molecular weight is 332 g/mol. The molecule has 1 saturated carbocycles. The Labute approximate surface area is 135 Å². The van der Waals surface area contributed by atoms with Crippen molar-refractivity contribution in [3.63, 3.8) is 0 Å². The molecule has 124 valence electrons. The number of H-pyrrole nitrogens is 1. The van der Waals surface area contributed by atoms with Gasteiger partial charge in [0.05, 0.1) is 7.11 Å². The zero-order valence-corrected chi connectivity index (χ0v) is 13.1. The standard InChI is InChI=1S/C16H14F2N4O2/c1-8-5-9(16(18)3-4-16)6-11(17)12(8)22-7-10-13(21-22)19-15(24-2)20-14(10)23/h5-7H,3-4H2,1-2H3,(H,19,20,21,23). The fourth-order valence-electron chi connectivity index (χ4n) is 2.79. The van der Waals surface area contributed by atoms with Gasteiger partial charge in [0, 0.05) is 6.20 Å². The van der Waals surface area contributed by atoms with Crippen LogP contribution in [-0.2, 0) is 5.67 Å². The van der Waals surface area contributed by atoms with Crippen molar-refractivity contribution in [2.24, 2.45) is 0 Å². The third kappa shape index (κ3) is 2.17. The molecular weight excluding hydrogens is 318 g/mol. The first-order valence-corrected chi connectivity index (χ1v) is 7.45. The summed E-state index contributed by atoms with van der Waals surface area (Å²) in [6.45, 7) is 1.68. The van der Waals surface area contributed by atoms with Gasteiger partial charge >= 0.3 is 0 Å². The maximum Gasteiger partial charge on any atom is 0.298 e. The highest BCUT2D eigenvalue weighted by atomic mass is 19.1. The first kappa shape index (κ1) is 14.8. The van der Waals surface area contributed by atoms with Gasteiger partial charge in [-0.2, -0.15) is 4.98 Å². The van der Waals surface area contributed by atoms with E-state index in [0.717, 1.165) is 0 Å². The summed E-state index contributed by atoms with van der Waals surface area (Å²) in [5, 5.41) is 4.36. The van der Waals surface area contributed by atoms with E-state index in [2.05, 4.69) is 15.1 Å². The summed E-state index contributed by atoms with van der Waals surface area (Å²) in [7, 11) is 1.37. The quantitative estimate of drug-likeness (QED) is 0.800. The molecule has 0 spiro atoms. The molecule has 1 aliphatic rings. The molecule has 0 atom stereocenters. The van der Waals surface area contributed by atoms with E-state index in [-0.39, 0.29) is 22.7 Å². The van der Waals surface area contributed by atoms with Crippen molar-refractivity contribution in [3.8, 4) is 11.7 Å². The number of nitrogens with one attached hydrogen (secondary N) is 1. The van der Waals surface area contributed by atoms with E-state index in [9.17, 15) is 13.6 Å². The van der Waals surface area contributed by atoms with Crippen LogP contribution in [0.3, 0.4) is 0 Å². The van der Waals surface area contributed by atoms with Crippen LogP contribution in [0.4, 0.5) is 8.78 Å². The largest absolute Gasteiger partial charge is 0.468 e. The van der Waals surface area contributed by atoms with Crippen LogP contribution in [0.1, 0.15) is 24.0 Å². The highest BCUT2D eigenvalue weighted by Gasteiger charge is 2.45. The predicted molar refractivity (Wildman–Crippen MR) is 82.8 cm³/mol. The van der Waals surface area contributed by atoms with Crippen molar-refractivity contribution in [2.45, 2.75) is 25.4 Å². The topological polar surface area (TPSA) is 72.8 Å². The SMILES string of the molecule is COc1nc2nn(-c3c(C)cc(C4(F)CC4)cc3F)cc2c(=O)[nH]1. The van der Waals surface area contributed by atoms with Crippen LogP contribution >= 0.6 is 0 Å². The van der Waals surface area contributed by atoms with Gasteiger partial charge in [0.2, 0.25) is 0 Å². The minimum atomic E-state index is -1.41. The second-order valence-electron chi connectivity index (χ2n) is 5.98. The lowest BCUT2D eigenvalue weighted by molar-refractivity contribution is 0.316. The molecule has 2 heterocycles. The molecule has 4 rings (SSSR count). The fraction of sp³-hybridized carbons (Fsp3) is 0.312. The molecule has 1 fully saturated rings. The van der Waals surface area contributed by atoms with Crippen molar-refractivity contribution >= 4 is 11.0 Å². The van der Waals surface area contributed by atoms with Gasteiger partial charge in [0.1, 0.15) is 22.6 Å². The smallest absolute Gasteiger partial charge is 0.298 e. The minimum Gasteiger partial charge on any atom is -0.468 e. The number of nitrogens with zero attached hydrogens (tertiary/aromatic N) is 3. The average Bonchev–Trinajstić information content (AvgIpc) is 3.14. The highest BCUT2D eigenvalue weighted by molar-refractivity contribution is 5.73. The molecule has 0 bridgehead atoms. The number of methoxy groups -OCH3 is 1. The number of alkyl halides is 1. The van der Waals surface area contributed by atoms with Crippen LogP contribution in [0.15, 0.2) is 23.1 Å². The number of benzene rings is 1. The maximum atomic E-state index is 14.6. The molecule has 1 aromatic carbocycles. The Morgan fingerprint density at radius 3 is 2.75 bits per heavy atom.